The molecular weight excluding hydrogens is 619 g/mol. The monoisotopic (exact) mass is 651 g/mol. The van der Waals surface area contributed by atoms with Gasteiger partial charge in [-0.1, -0.05) is 85.0 Å². The van der Waals surface area contributed by atoms with Crippen LogP contribution in [0.25, 0.3) is 40.1 Å². The largest absolute Gasteiger partial charge is 0.494 e. The van der Waals surface area contributed by atoms with Crippen molar-refractivity contribution in [2.24, 2.45) is 0 Å². The molecular formula is C39H33N5O3S. The van der Waals surface area contributed by atoms with Crippen molar-refractivity contribution in [3.05, 3.63) is 152 Å². The maximum Gasteiger partial charge on any atom is 0.291 e. The zero-order valence-corrected chi connectivity index (χ0v) is 27.4. The summed E-state index contributed by atoms with van der Waals surface area (Å²) in [6.45, 7) is 5.29. The first-order valence-corrected chi connectivity index (χ1v) is 16.6. The number of hydrogen-bond donors (Lipinski definition) is 0. The minimum Gasteiger partial charge on any atom is -0.494 e. The molecule has 0 spiro atoms. The molecule has 0 aliphatic heterocycles. The van der Waals surface area contributed by atoms with E-state index in [1.165, 1.54) is 15.9 Å². The van der Waals surface area contributed by atoms with E-state index < -0.39 is 0 Å². The van der Waals surface area contributed by atoms with Crippen LogP contribution in [0.1, 0.15) is 41.4 Å². The smallest absolute Gasteiger partial charge is 0.291 e. The SMILES string of the molecule is CCCOc1ccc(/C=C/c2nc3s/c(=C\c4cn(-c5ccccc5)nc4-c4ccc(OCc5ccccc5)c(C)c4)c(=O)n3n2)cc1. The highest BCUT2D eigenvalue weighted by molar-refractivity contribution is 7.15. The standard InChI is InChI=1S/C39H33N5O3S/c1-3-22-46-33-18-14-28(15-19-33)16-21-36-40-39-44(41-36)38(45)35(48-39)24-31-25-43(32-12-8-5-9-13-32)42-37(31)30-17-20-34(27(2)23-30)47-26-29-10-6-4-7-11-29/h4-21,23-25H,3,22,26H2,1-2H3/b21-16+,35-24-. The van der Waals surface area contributed by atoms with Crippen LogP contribution in [0.5, 0.6) is 11.5 Å². The Hall–Kier alpha value is -5.80. The van der Waals surface area contributed by atoms with E-state index in [4.69, 9.17) is 14.6 Å². The van der Waals surface area contributed by atoms with E-state index in [-0.39, 0.29) is 5.56 Å². The predicted octanol–water partition coefficient (Wildman–Crippen LogP) is 7.40. The number of fused-ring (bicyclic) bond motifs is 1. The van der Waals surface area contributed by atoms with Crippen molar-refractivity contribution in [2.75, 3.05) is 6.61 Å². The number of thiazole rings is 1. The average molecular weight is 652 g/mol. The predicted molar refractivity (Wildman–Crippen MR) is 192 cm³/mol. The van der Waals surface area contributed by atoms with Gasteiger partial charge in [-0.2, -0.15) is 14.6 Å². The molecule has 0 amide bonds. The van der Waals surface area contributed by atoms with Crippen LogP contribution in [0.15, 0.2) is 114 Å². The number of aryl methyl sites for hydroxylation is 1. The zero-order chi connectivity index (χ0) is 32.9. The average Bonchev–Trinajstić information content (AvgIpc) is 3.81. The summed E-state index contributed by atoms with van der Waals surface area (Å²) in [5.74, 6) is 2.12. The third-order valence-corrected chi connectivity index (χ3v) is 8.67. The van der Waals surface area contributed by atoms with Crippen molar-refractivity contribution in [1.29, 1.82) is 0 Å². The number of aromatic nitrogens is 5. The van der Waals surface area contributed by atoms with Gasteiger partial charge in [-0.25, -0.2) is 4.68 Å². The Morgan fingerprint density at radius 2 is 1.62 bits per heavy atom. The highest BCUT2D eigenvalue weighted by Crippen LogP contribution is 2.29. The minimum absolute atomic E-state index is 0.223. The van der Waals surface area contributed by atoms with Crippen LogP contribution in [-0.4, -0.2) is 31.0 Å². The van der Waals surface area contributed by atoms with E-state index >= 15 is 0 Å². The van der Waals surface area contributed by atoms with Crippen LogP contribution in [0, 0.1) is 6.92 Å². The molecule has 0 atom stereocenters. The summed E-state index contributed by atoms with van der Waals surface area (Å²) in [4.78, 5) is 18.7. The number of rotatable bonds is 11. The van der Waals surface area contributed by atoms with Crippen molar-refractivity contribution in [1.82, 2.24) is 24.4 Å². The molecule has 0 bridgehead atoms. The Morgan fingerprint density at radius 3 is 2.35 bits per heavy atom. The summed E-state index contributed by atoms with van der Waals surface area (Å²) < 4.78 is 15.5. The molecule has 8 nitrogen and oxygen atoms in total. The Bertz CT molecular complexity index is 2310. The Balaban J connectivity index is 1.18. The molecule has 3 aromatic heterocycles. The number of nitrogens with zero attached hydrogens (tertiary/aromatic N) is 5. The molecule has 238 valence electrons. The topological polar surface area (TPSA) is 83.5 Å². The van der Waals surface area contributed by atoms with Crippen LogP contribution in [0.3, 0.4) is 0 Å². The lowest BCUT2D eigenvalue weighted by molar-refractivity contribution is 0.304. The van der Waals surface area contributed by atoms with Gasteiger partial charge >= 0.3 is 0 Å². The third-order valence-electron chi connectivity index (χ3n) is 7.71. The first-order chi connectivity index (χ1) is 23.5. The lowest BCUT2D eigenvalue weighted by Gasteiger charge is -2.10. The Labute approximate surface area is 281 Å². The zero-order valence-electron chi connectivity index (χ0n) is 26.6. The van der Waals surface area contributed by atoms with Crippen molar-refractivity contribution >= 4 is 34.5 Å². The highest BCUT2D eigenvalue weighted by Gasteiger charge is 2.15. The number of ether oxygens (including phenoxy) is 2. The molecule has 7 rings (SSSR count). The van der Waals surface area contributed by atoms with Gasteiger partial charge in [-0.15, -0.1) is 5.10 Å². The molecule has 0 aliphatic rings. The Kier molecular flexibility index (Phi) is 8.93. The lowest BCUT2D eigenvalue weighted by Crippen LogP contribution is -2.23. The number of hydrogen-bond acceptors (Lipinski definition) is 7. The molecule has 0 saturated carbocycles. The van der Waals surface area contributed by atoms with Crippen LogP contribution in [-0.2, 0) is 6.61 Å². The van der Waals surface area contributed by atoms with Crippen molar-refractivity contribution in [3.8, 4) is 28.4 Å². The maximum atomic E-state index is 13.5. The quantitative estimate of drug-likeness (QED) is 0.145. The summed E-state index contributed by atoms with van der Waals surface area (Å²) in [5, 5.41) is 9.44. The van der Waals surface area contributed by atoms with Crippen LogP contribution >= 0.6 is 11.3 Å². The third kappa shape index (κ3) is 6.82. The summed E-state index contributed by atoms with van der Waals surface area (Å²) >= 11 is 1.30. The van der Waals surface area contributed by atoms with Gasteiger partial charge in [0.1, 0.15) is 23.8 Å². The number of para-hydroxylation sites is 1. The van der Waals surface area contributed by atoms with Gasteiger partial charge in [0.2, 0.25) is 4.96 Å². The van der Waals surface area contributed by atoms with Crippen LogP contribution in [0.4, 0.5) is 0 Å². The fourth-order valence-corrected chi connectivity index (χ4v) is 6.16. The fourth-order valence-electron chi connectivity index (χ4n) is 5.25. The van der Waals surface area contributed by atoms with E-state index in [9.17, 15) is 4.79 Å². The van der Waals surface area contributed by atoms with E-state index in [0.717, 1.165) is 57.1 Å². The summed E-state index contributed by atoms with van der Waals surface area (Å²) in [5.41, 5.74) is 6.27. The van der Waals surface area contributed by atoms with Gasteiger partial charge in [0.05, 0.1) is 16.8 Å². The van der Waals surface area contributed by atoms with E-state index in [1.54, 1.807) is 0 Å². The van der Waals surface area contributed by atoms with Crippen molar-refractivity contribution in [3.63, 3.8) is 0 Å². The van der Waals surface area contributed by atoms with Crippen molar-refractivity contribution in [2.45, 2.75) is 26.9 Å². The first-order valence-electron chi connectivity index (χ1n) is 15.8. The van der Waals surface area contributed by atoms with Crippen molar-refractivity contribution < 1.29 is 9.47 Å². The summed E-state index contributed by atoms with van der Waals surface area (Å²) in [6, 6.07) is 33.9. The molecule has 9 heteroatoms. The molecule has 0 radical (unpaired) electrons. The van der Waals surface area contributed by atoms with E-state index in [1.807, 2.05) is 133 Å². The molecule has 48 heavy (non-hydrogen) atoms. The molecule has 0 aliphatic carbocycles. The normalized spacial score (nSPS) is 11.9. The second-order valence-electron chi connectivity index (χ2n) is 11.3. The molecule has 0 unspecified atom stereocenters. The number of benzene rings is 4. The van der Waals surface area contributed by atoms with Gasteiger partial charge in [0.15, 0.2) is 5.82 Å². The second-order valence-corrected chi connectivity index (χ2v) is 12.3. The van der Waals surface area contributed by atoms with Gasteiger partial charge in [0, 0.05) is 17.3 Å². The summed E-state index contributed by atoms with van der Waals surface area (Å²) in [6.07, 6.45) is 8.51. The van der Waals surface area contributed by atoms with E-state index in [2.05, 4.69) is 23.1 Å². The Morgan fingerprint density at radius 1 is 0.854 bits per heavy atom. The van der Waals surface area contributed by atoms with Crippen LogP contribution in [0.2, 0.25) is 0 Å². The highest BCUT2D eigenvalue weighted by atomic mass is 32.1. The molecule has 4 aromatic carbocycles. The second kappa shape index (κ2) is 13.9. The maximum absolute atomic E-state index is 13.5. The van der Waals surface area contributed by atoms with Gasteiger partial charge in [-0.05, 0) is 84.7 Å². The van der Waals surface area contributed by atoms with Crippen LogP contribution < -0.4 is 19.6 Å². The molecule has 0 fully saturated rings. The molecule has 0 N–H and O–H groups in total. The molecule has 3 heterocycles. The van der Waals surface area contributed by atoms with Gasteiger partial charge in [-0.3, -0.25) is 4.79 Å². The molecule has 0 saturated heterocycles. The minimum atomic E-state index is -0.223. The summed E-state index contributed by atoms with van der Waals surface area (Å²) in [7, 11) is 0. The van der Waals surface area contributed by atoms with Gasteiger partial charge < -0.3 is 9.47 Å². The van der Waals surface area contributed by atoms with E-state index in [0.29, 0.717) is 28.5 Å². The molecule has 7 aromatic rings. The first kappa shape index (κ1) is 30.8. The van der Waals surface area contributed by atoms with Gasteiger partial charge in [0.25, 0.3) is 5.56 Å². The fraction of sp³-hybridized carbons (Fsp3) is 0.128. The lowest BCUT2D eigenvalue weighted by atomic mass is 10.0.